The van der Waals surface area contributed by atoms with Crippen LogP contribution in [0.3, 0.4) is 0 Å². The molecule has 3 aromatic rings. The van der Waals surface area contributed by atoms with Crippen LogP contribution in [0.2, 0.25) is 5.02 Å². The van der Waals surface area contributed by atoms with E-state index in [1.807, 2.05) is 0 Å². The van der Waals surface area contributed by atoms with Crippen molar-refractivity contribution in [3.05, 3.63) is 92.9 Å². The Hall–Kier alpha value is -3.38. The standard InChI is InChI=1S/C20H14ClNO5/c1-13-6-10-20(26-13)17(23)9-7-14-8-11-19(16(12-14)22(24)25)27-18-5-3-2-4-15(18)21/h2-12H,1H3/b9-7+. The fraction of sp³-hybridized carbons (Fsp3) is 0.0500. The molecule has 0 fully saturated rings. The van der Waals surface area contributed by atoms with E-state index in [2.05, 4.69) is 0 Å². The number of nitrogens with zero attached hydrogens (tertiary/aromatic N) is 1. The van der Waals surface area contributed by atoms with Gasteiger partial charge in [0.25, 0.3) is 0 Å². The molecule has 27 heavy (non-hydrogen) atoms. The maximum Gasteiger partial charge on any atom is 0.312 e. The topological polar surface area (TPSA) is 82.6 Å². The van der Waals surface area contributed by atoms with E-state index in [1.54, 1.807) is 49.4 Å². The molecule has 6 nitrogen and oxygen atoms in total. The van der Waals surface area contributed by atoms with Gasteiger partial charge in [0.05, 0.1) is 9.95 Å². The molecule has 0 bridgehead atoms. The molecule has 0 aliphatic carbocycles. The minimum atomic E-state index is -0.554. The van der Waals surface area contributed by atoms with Crippen LogP contribution in [0.15, 0.2) is 65.1 Å². The molecule has 7 heteroatoms. The molecule has 0 aliphatic rings. The lowest BCUT2D eigenvalue weighted by atomic mass is 10.1. The average molecular weight is 384 g/mol. The highest BCUT2D eigenvalue weighted by molar-refractivity contribution is 6.32. The van der Waals surface area contributed by atoms with E-state index in [-0.39, 0.29) is 23.0 Å². The van der Waals surface area contributed by atoms with Crippen LogP contribution in [0.5, 0.6) is 11.5 Å². The second-order valence-corrected chi connectivity index (χ2v) is 6.03. The highest BCUT2D eigenvalue weighted by Crippen LogP contribution is 2.35. The fourth-order valence-corrected chi connectivity index (χ4v) is 2.51. The van der Waals surface area contributed by atoms with Crippen molar-refractivity contribution in [1.29, 1.82) is 0 Å². The largest absolute Gasteiger partial charge is 0.458 e. The lowest BCUT2D eigenvalue weighted by Crippen LogP contribution is -1.95. The highest BCUT2D eigenvalue weighted by Gasteiger charge is 2.17. The first-order valence-electron chi connectivity index (χ1n) is 7.94. The number of hydrogen-bond donors (Lipinski definition) is 0. The van der Waals surface area contributed by atoms with Crippen LogP contribution in [-0.4, -0.2) is 10.7 Å². The van der Waals surface area contributed by atoms with Crippen molar-refractivity contribution in [2.75, 3.05) is 0 Å². The average Bonchev–Trinajstić information content (AvgIpc) is 3.08. The Morgan fingerprint density at radius 1 is 1.15 bits per heavy atom. The lowest BCUT2D eigenvalue weighted by Gasteiger charge is -2.08. The van der Waals surface area contributed by atoms with Gasteiger partial charge < -0.3 is 9.15 Å². The van der Waals surface area contributed by atoms with E-state index >= 15 is 0 Å². The number of aryl methyl sites for hydroxylation is 1. The summed E-state index contributed by atoms with van der Waals surface area (Å²) in [6.45, 7) is 1.74. The molecule has 0 saturated carbocycles. The monoisotopic (exact) mass is 383 g/mol. The molecule has 0 aliphatic heterocycles. The van der Waals surface area contributed by atoms with Crippen molar-refractivity contribution in [1.82, 2.24) is 0 Å². The molecule has 0 N–H and O–H groups in total. The fourth-order valence-electron chi connectivity index (χ4n) is 2.33. The van der Waals surface area contributed by atoms with Gasteiger partial charge in [-0.3, -0.25) is 14.9 Å². The Morgan fingerprint density at radius 2 is 1.93 bits per heavy atom. The Balaban J connectivity index is 1.85. The number of furan rings is 1. The number of rotatable bonds is 6. The maximum absolute atomic E-state index is 12.0. The van der Waals surface area contributed by atoms with E-state index in [1.165, 1.54) is 24.3 Å². The Labute approximate surface area is 159 Å². The van der Waals surface area contributed by atoms with Crippen molar-refractivity contribution >= 4 is 29.1 Å². The van der Waals surface area contributed by atoms with E-state index in [0.717, 1.165) is 0 Å². The zero-order chi connectivity index (χ0) is 19.4. The van der Waals surface area contributed by atoms with Crippen molar-refractivity contribution in [3.8, 4) is 11.5 Å². The van der Waals surface area contributed by atoms with Gasteiger partial charge in [0.2, 0.25) is 11.5 Å². The predicted molar refractivity (Wildman–Crippen MR) is 101 cm³/mol. The number of carbonyl (C=O) groups is 1. The number of allylic oxidation sites excluding steroid dienone is 1. The van der Waals surface area contributed by atoms with Gasteiger partial charge in [-0.25, -0.2) is 0 Å². The quantitative estimate of drug-likeness (QED) is 0.231. The first kappa shape index (κ1) is 18.4. The third kappa shape index (κ3) is 4.43. The molecule has 3 rings (SSSR count). The summed E-state index contributed by atoms with van der Waals surface area (Å²) in [5.74, 6) is 0.870. The van der Waals surface area contributed by atoms with Crippen molar-refractivity contribution in [3.63, 3.8) is 0 Å². The molecule has 136 valence electrons. The molecular formula is C20H14ClNO5. The number of hydrogen-bond acceptors (Lipinski definition) is 5. The van der Waals surface area contributed by atoms with Gasteiger partial charge in [0.1, 0.15) is 11.5 Å². The van der Waals surface area contributed by atoms with Gasteiger partial charge in [0, 0.05) is 6.07 Å². The van der Waals surface area contributed by atoms with Crippen LogP contribution in [-0.2, 0) is 0 Å². The molecule has 0 spiro atoms. The summed E-state index contributed by atoms with van der Waals surface area (Å²) in [5.41, 5.74) is 0.239. The van der Waals surface area contributed by atoms with Crippen molar-refractivity contribution < 1.29 is 18.9 Å². The Bertz CT molecular complexity index is 1040. The number of nitro benzene ring substituents is 1. The van der Waals surface area contributed by atoms with Crippen molar-refractivity contribution in [2.24, 2.45) is 0 Å². The van der Waals surface area contributed by atoms with Gasteiger partial charge in [0.15, 0.2) is 5.76 Å². The number of nitro groups is 1. The molecule has 1 heterocycles. The van der Waals surface area contributed by atoms with Crippen LogP contribution in [0.25, 0.3) is 6.08 Å². The van der Waals surface area contributed by atoms with E-state index in [4.69, 9.17) is 20.8 Å². The third-order valence-corrected chi connectivity index (χ3v) is 3.96. The van der Waals surface area contributed by atoms with Gasteiger partial charge in [-0.05, 0) is 48.9 Å². The van der Waals surface area contributed by atoms with Crippen LogP contribution >= 0.6 is 11.6 Å². The Kier molecular flexibility index (Phi) is 5.38. The van der Waals surface area contributed by atoms with Gasteiger partial charge in [-0.15, -0.1) is 0 Å². The number of ether oxygens (including phenoxy) is 1. The minimum Gasteiger partial charge on any atom is -0.458 e. The van der Waals surface area contributed by atoms with Crippen LogP contribution in [0, 0.1) is 17.0 Å². The van der Waals surface area contributed by atoms with Gasteiger partial charge in [-0.2, -0.15) is 0 Å². The molecule has 0 atom stereocenters. The number of benzene rings is 2. The molecule has 0 saturated heterocycles. The molecule has 0 unspecified atom stereocenters. The first-order valence-corrected chi connectivity index (χ1v) is 8.31. The zero-order valence-corrected chi connectivity index (χ0v) is 15.0. The normalized spacial score (nSPS) is 10.9. The zero-order valence-electron chi connectivity index (χ0n) is 14.2. The summed E-state index contributed by atoms with van der Waals surface area (Å²) in [5, 5.41) is 11.7. The Morgan fingerprint density at radius 3 is 2.59 bits per heavy atom. The smallest absolute Gasteiger partial charge is 0.312 e. The number of halogens is 1. The number of carbonyl (C=O) groups excluding carboxylic acids is 1. The van der Waals surface area contributed by atoms with Crippen molar-refractivity contribution in [2.45, 2.75) is 6.92 Å². The second kappa shape index (κ2) is 7.88. The van der Waals surface area contributed by atoms with E-state index in [0.29, 0.717) is 22.1 Å². The summed E-state index contributed by atoms with van der Waals surface area (Å²) >= 11 is 6.03. The summed E-state index contributed by atoms with van der Waals surface area (Å²) in [4.78, 5) is 22.9. The number of ketones is 1. The summed E-state index contributed by atoms with van der Waals surface area (Å²) in [6, 6.07) is 14.3. The SMILES string of the molecule is Cc1ccc(C(=O)/C=C/c2ccc(Oc3ccccc3Cl)c([N+](=O)[O-])c2)o1. The summed E-state index contributed by atoms with van der Waals surface area (Å²) in [6.07, 6.45) is 2.78. The molecule has 0 radical (unpaired) electrons. The third-order valence-electron chi connectivity index (χ3n) is 3.65. The van der Waals surface area contributed by atoms with E-state index < -0.39 is 4.92 Å². The molecule has 2 aromatic carbocycles. The van der Waals surface area contributed by atoms with E-state index in [9.17, 15) is 14.9 Å². The van der Waals surface area contributed by atoms with Gasteiger partial charge in [-0.1, -0.05) is 35.9 Å². The molecular weight excluding hydrogens is 370 g/mol. The van der Waals surface area contributed by atoms with Crippen LogP contribution in [0.1, 0.15) is 21.9 Å². The van der Waals surface area contributed by atoms with Gasteiger partial charge >= 0.3 is 5.69 Å². The predicted octanol–water partition coefficient (Wildman–Crippen LogP) is 5.84. The first-order chi connectivity index (χ1) is 12.9. The summed E-state index contributed by atoms with van der Waals surface area (Å²) < 4.78 is 10.8. The van der Waals surface area contributed by atoms with Crippen LogP contribution < -0.4 is 4.74 Å². The lowest BCUT2D eigenvalue weighted by molar-refractivity contribution is -0.385. The number of para-hydroxylation sites is 1. The summed E-state index contributed by atoms with van der Waals surface area (Å²) in [7, 11) is 0. The minimum absolute atomic E-state index is 0.0539. The molecule has 1 aromatic heterocycles. The maximum atomic E-state index is 12.0. The highest BCUT2D eigenvalue weighted by atomic mass is 35.5. The van der Waals surface area contributed by atoms with Crippen LogP contribution in [0.4, 0.5) is 5.69 Å². The second-order valence-electron chi connectivity index (χ2n) is 5.62. The molecule has 0 amide bonds.